The quantitative estimate of drug-likeness (QED) is 0.618. The average Bonchev–Trinajstić information content (AvgIpc) is 3.36. The number of nitrogens with one attached hydrogen (secondary N) is 1. The Morgan fingerprint density at radius 1 is 0.960 bits per heavy atom. The summed E-state index contributed by atoms with van der Waals surface area (Å²) in [5.41, 5.74) is 2.77. The molecule has 0 spiro atoms. The number of tetrazole rings is 1. The summed E-state index contributed by atoms with van der Waals surface area (Å²) in [4.78, 5) is 12.5. The Balaban J connectivity index is 1.57. The molecule has 0 bridgehead atoms. The van der Waals surface area contributed by atoms with E-state index in [1.54, 1.807) is 29.1 Å². The Labute approximate surface area is 142 Å². The molecular weight excluding hydrogens is 318 g/mol. The summed E-state index contributed by atoms with van der Waals surface area (Å²) in [6.07, 6.45) is 5.01. The molecule has 2 aromatic carbocycles. The van der Waals surface area contributed by atoms with Crippen LogP contribution in [0.15, 0.2) is 73.3 Å². The normalized spacial score (nSPS) is 10.6. The van der Waals surface area contributed by atoms with Crippen LogP contribution in [0.5, 0.6) is 0 Å². The SMILES string of the molecule is O=C(Nc1cccc(-n2cnnn2)c1)c1cccc(-n2cccn2)c1. The highest BCUT2D eigenvalue weighted by Gasteiger charge is 2.09. The van der Waals surface area contributed by atoms with Crippen LogP contribution in [0.3, 0.4) is 0 Å². The fraction of sp³-hybridized carbons (Fsp3) is 0. The van der Waals surface area contributed by atoms with Crippen molar-refractivity contribution in [3.8, 4) is 11.4 Å². The summed E-state index contributed by atoms with van der Waals surface area (Å²) < 4.78 is 3.23. The van der Waals surface area contributed by atoms with Gasteiger partial charge in [-0.1, -0.05) is 12.1 Å². The first-order chi connectivity index (χ1) is 12.3. The zero-order valence-electron chi connectivity index (χ0n) is 13.0. The highest BCUT2D eigenvalue weighted by atomic mass is 16.1. The molecule has 0 unspecified atom stereocenters. The number of anilines is 1. The standard InChI is InChI=1S/C17H13N7O/c25-17(13-4-1-6-15(10-13)23-9-3-8-19-23)20-14-5-2-7-16(11-14)24-12-18-21-22-24/h1-12H,(H,20,25). The van der Waals surface area contributed by atoms with Crippen molar-refractivity contribution in [2.45, 2.75) is 0 Å². The maximum absolute atomic E-state index is 12.5. The molecule has 4 rings (SSSR count). The van der Waals surface area contributed by atoms with Gasteiger partial charge in [-0.05, 0) is 52.9 Å². The first kappa shape index (κ1) is 14.8. The molecule has 0 aliphatic carbocycles. The number of hydrogen-bond acceptors (Lipinski definition) is 5. The number of rotatable bonds is 4. The fourth-order valence-electron chi connectivity index (χ4n) is 2.42. The van der Waals surface area contributed by atoms with Gasteiger partial charge in [0.15, 0.2) is 0 Å². The average molecular weight is 331 g/mol. The summed E-state index contributed by atoms with van der Waals surface area (Å²) >= 11 is 0. The monoisotopic (exact) mass is 331 g/mol. The van der Waals surface area contributed by atoms with E-state index >= 15 is 0 Å². The Kier molecular flexibility index (Phi) is 3.76. The Morgan fingerprint density at radius 3 is 2.56 bits per heavy atom. The number of hydrogen-bond donors (Lipinski definition) is 1. The summed E-state index contributed by atoms with van der Waals surface area (Å²) in [6, 6.07) is 16.4. The van der Waals surface area contributed by atoms with Crippen molar-refractivity contribution in [1.82, 2.24) is 30.0 Å². The summed E-state index contributed by atoms with van der Waals surface area (Å²) in [5, 5.41) is 18.1. The van der Waals surface area contributed by atoms with E-state index in [-0.39, 0.29) is 5.91 Å². The third-order valence-corrected chi connectivity index (χ3v) is 3.59. The van der Waals surface area contributed by atoms with Crippen LogP contribution in [-0.4, -0.2) is 35.9 Å². The van der Waals surface area contributed by atoms with Gasteiger partial charge in [-0.25, -0.2) is 9.36 Å². The summed E-state index contributed by atoms with van der Waals surface area (Å²) in [5.74, 6) is -0.206. The molecule has 122 valence electrons. The molecule has 8 nitrogen and oxygen atoms in total. The zero-order chi connectivity index (χ0) is 17.1. The van der Waals surface area contributed by atoms with Crippen molar-refractivity contribution in [2.24, 2.45) is 0 Å². The second-order valence-corrected chi connectivity index (χ2v) is 5.26. The van der Waals surface area contributed by atoms with Crippen LogP contribution in [-0.2, 0) is 0 Å². The molecule has 4 aromatic rings. The van der Waals surface area contributed by atoms with Crippen LogP contribution in [0.1, 0.15) is 10.4 Å². The van der Waals surface area contributed by atoms with E-state index in [9.17, 15) is 4.79 Å². The molecule has 0 saturated heterocycles. The van der Waals surface area contributed by atoms with Gasteiger partial charge in [-0.2, -0.15) is 5.10 Å². The third-order valence-electron chi connectivity index (χ3n) is 3.59. The van der Waals surface area contributed by atoms with Crippen LogP contribution < -0.4 is 5.32 Å². The molecule has 1 amide bonds. The van der Waals surface area contributed by atoms with Gasteiger partial charge in [0.2, 0.25) is 0 Å². The fourth-order valence-corrected chi connectivity index (χ4v) is 2.42. The van der Waals surface area contributed by atoms with Gasteiger partial charge in [0, 0.05) is 23.6 Å². The second kappa shape index (κ2) is 6.36. The number of aromatic nitrogens is 6. The first-order valence-corrected chi connectivity index (χ1v) is 7.54. The van der Waals surface area contributed by atoms with Crippen LogP contribution in [0.25, 0.3) is 11.4 Å². The van der Waals surface area contributed by atoms with E-state index in [0.717, 1.165) is 11.4 Å². The van der Waals surface area contributed by atoms with E-state index in [4.69, 9.17) is 0 Å². The Morgan fingerprint density at radius 2 is 1.80 bits per heavy atom. The van der Waals surface area contributed by atoms with Crippen molar-refractivity contribution in [3.05, 3.63) is 78.9 Å². The van der Waals surface area contributed by atoms with E-state index in [1.165, 1.54) is 11.0 Å². The van der Waals surface area contributed by atoms with Crippen molar-refractivity contribution < 1.29 is 4.79 Å². The molecule has 2 aromatic heterocycles. The van der Waals surface area contributed by atoms with Gasteiger partial charge < -0.3 is 5.32 Å². The number of benzene rings is 2. The Bertz CT molecular complexity index is 994. The lowest BCUT2D eigenvalue weighted by atomic mass is 10.2. The maximum atomic E-state index is 12.5. The summed E-state index contributed by atoms with van der Waals surface area (Å²) in [7, 11) is 0. The lowest BCUT2D eigenvalue weighted by Crippen LogP contribution is -2.12. The van der Waals surface area contributed by atoms with Gasteiger partial charge >= 0.3 is 0 Å². The Hall–Kier alpha value is -3.81. The zero-order valence-corrected chi connectivity index (χ0v) is 13.0. The minimum absolute atomic E-state index is 0.206. The highest BCUT2D eigenvalue weighted by Crippen LogP contribution is 2.16. The number of carbonyl (C=O) groups is 1. The number of amides is 1. The van der Waals surface area contributed by atoms with Gasteiger partial charge in [-0.3, -0.25) is 4.79 Å². The van der Waals surface area contributed by atoms with Crippen molar-refractivity contribution in [1.29, 1.82) is 0 Å². The molecule has 0 saturated carbocycles. The largest absolute Gasteiger partial charge is 0.322 e. The molecule has 1 N–H and O–H groups in total. The molecule has 25 heavy (non-hydrogen) atoms. The van der Waals surface area contributed by atoms with Crippen molar-refractivity contribution in [3.63, 3.8) is 0 Å². The molecule has 0 aliphatic rings. The lowest BCUT2D eigenvalue weighted by molar-refractivity contribution is 0.102. The summed E-state index contributed by atoms with van der Waals surface area (Å²) in [6.45, 7) is 0. The maximum Gasteiger partial charge on any atom is 0.255 e. The smallest absolute Gasteiger partial charge is 0.255 e. The van der Waals surface area contributed by atoms with Crippen LogP contribution in [0, 0.1) is 0 Å². The van der Waals surface area contributed by atoms with E-state index in [0.29, 0.717) is 11.3 Å². The topological polar surface area (TPSA) is 90.5 Å². The second-order valence-electron chi connectivity index (χ2n) is 5.26. The minimum Gasteiger partial charge on any atom is -0.322 e. The predicted octanol–water partition coefficient (Wildman–Crippen LogP) is 2.10. The predicted molar refractivity (Wildman–Crippen MR) is 90.7 cm³/mol. The van der Waals surface area contributed by atoms with Crippen LogP contribution in [0.2, 0.25) is 0 Å². The molecule has 0 fully saturated rings. The molecule has 0 aliphatic heterocycles. The van der Waals surface area contributed by atoms with Gasteiger partial charge in [0.05, 0.1) is 11.4 Å². The third kappa shape index (κ3) is 3.13. The van der Waals surface area contributed by atoms with E-state index in [1.807, 2.05) is 42.6 Å². The molecule has 0 radical (unpaired) electrons. The highest BCUT2D eigenvalue weighted by molar-refractivity contribution is 6.04. The molecule has 8 heteroatoms. The van der Waals surface area contributed by atoms with E-state index in [2.05, 4.69) is 25.9 Å². The molecule has 0 atom stereocenters. The lowest BCUT2D eigenvalue weighted by Gasteiger charge is -2.08. The van der Waals surface area contributed by atoms with Gasteiger partial charge in [0.1, 0.15) is 6.33 Å². The van der Waals surface area contributed by atoms with Crippen LogP contribution in [0.4, 0.5) is 5.69 Å². The van der Waals surface area contributed by atoms with E-state index < -0.39 is 0 Å². The molecule has 2 heterocycles. The molecular formula is C17H13N7O. The number of nitrogens with zero attached hydrogens (tertiary/aromatic N) is 6. The number of carbonyl (C=O) groups excluding carboxylic acids is 1. The first-order valence-electron chi connectivity index (χ1n) is 7.54. The minimum atomic E-state index is -0.206. The van der Waals surface area contributed by atoms with Crippen LogP contribution >= 0.6 is 0 Å². The van der Waals surface area contributed by atoms with Gasteiger partial charge in [0.25, 0.3) is 5.91 Å². The van der Waals surface area contributed by atoms with Crippen molar-refractivity contribution >= 4 is 11.6 Å². The van der Waals surface area contributed by atoms with Gasteiger partial charge in [-0.15, -0.1) is 5.10 Å². The van der Waals surface area contributed by atoms with Crippen molar-refractivity contribution in [2.75, 3.05) is 5.32 Å².